The molecule has 1 atom stereocenters. The van der Waals surface area contributed by atoms with E-state index in [4.69, 9.17) is 0 Å². The first-order chi connectivity index (χ1) is 15.9. The third-order valence-corrected chi connectivity index (χ3v) is 4.72. The number of anilines is 3. The summed E-state index contributed by atoms with van der Waals surface area (Å²) in [6, 6.07) is 23.1. The Hall–Kier alpha value is -4.39. The molecule has 168 valence electrons. The zero-order chi connectivity index (χ0) is 23.6. The quantitative estimate of drug-likeness (QED) is 0.379. The number of carbonyl (C=O) groups excluding carboxylic acids is 3. The van der Waals surface area contributed by atoms with E-state index < -0.39 is 0 Å². The average Bonchev–Trinajstić information content (AvgIpc) is 2.79. The highest BCUT2D eigenvalue weighted by atomic mass is 16.2. The number of hydrogen-bond acceptors (Lipinski definition) is 3. The minimum absolute atomic E-state index is 0.133. The number of para-hydroxylation sites is 1. The zero-order valence-corrected chi connectivity index (χ0v) is 18.5. The Morgan fingerprint density at radius 3 is 1.88 bits per heavy atom. The molecule has 0 fully saturated rings. The Bertz CT molecular complexity index is 1120. The van der Waals surface area contributed by atoms with E-state index in [-0.39, 0.29) is 23.9 Å². The third-order valence-electron chi connectivity index (χ3n) is 4.72. The molecule has 0 aromatic heterocycles. The predicted octanol–water partition coefficient (Wildman–Crippen LogP) is 5.18. The van der Waals surface area contributed by atoms with E-state index in [1.807, 2.05) is 61.5 Å². The van der Waals surface area contributed by atoms with Crippen molar-refractivity contribution in [3.05, 3.63) is 96.1 Å². The molecule has 0 spiro atoms. The van der Waals surface area contributed by atoms with Crippen molar-refractivity contribution in [2.45, 2.75) is 19.9 Å². The lowest BCUT2D eigenvalue weighted by molar-refractivity contribution is -0.117. The lowest BCUT2D eigenvalue weighted by Crippen LogP contribution is -2.24. The third kappa shape index (κ3) is 7.66. The fraction of sp³-hybridized carbons (Fsp3) is 0.115. The van der Waals surface area contributed by atoms with Crippen LogP contribution in [0.25, 0.3) is 6.08 Å². The number of benzene rings is 3. The maximum Gasteiger partial charge on any atom is 0.323 e. The maximum absolute atomic E-state index is 12.3. The highest BCUT2D eigenvalue weighted by Crippen LogP contribution is 2.17. The molecule has 7 heteroatoms. The van der Waals surface area contributed by atoms with Crippen molar-refractivity contribution in [3.8, 4) is 0 Å². The zero-order valence-electron chi connectivity index (χ0n) is 18.5. The van der Waals surface area contributed by atoms with Gasteiger partial charge in [0.15, 0.2) is 0 Å². The van der Waals surface area contributed by atoms with Crippen LogP contribution in [0.1, 0.15) is 31.0 Å². The van der Waals surface area contributed by atoms with Crippen LogP contribution in [-0.4, -0.2) is 17.8 Å². The van der Waals surface area contributed by atoms with Crippen molar-refractivity contribution >= 4 is 41.0 Å². The van der Waals surface area contributed by atoms with Crippen molar-refractivity contribution in [1.29, 1.82) is 0 Å². The topological polar surface area (TPSA) is 99.3 Å². The molecule has 1 unspecified atom stereocenters. The van der Waals surface area contributed by atoms with E-state index in [0.717, 1.165) is 11.1 Å². The second-order valence-corrected chi connectivity index (χ2v) is 7.43. The molecule has 3 rings (SSSR count). The second kappa shape index (κ2) is 11.3. The fourth-order valence-electron chi connectivity index (χ4n) is 3.07. The summed E-state index contributed by atoms with van der Waals surface area (Å²) in [4.78, 5) is 35.4. The molecule has 4 N–H and O–H groups in total. The van der Waals surface area contributed by atoms with E-state index >= 15 is 0 Å². The van der Waals surface area contributed by atoms with Gasteiger partial charge in [-0.05, 0) is 60.5 Å². The Kier molecular flexibility index (Phi) is 7.96. The van der Waals surface area contributed by atoms with Crippen LogP contribution < -0.4 is 21.3 Å². The Morgan fingerprint density at radius 1 is 0.727 bits per heavy atom. The van der Waals surface area contributed by atoms with E-state index in [2.05, 4.69) is 21.3 Å². The lowest BCUT2D eigenvalue weighted by Gasteiger charge is -2.14. The van der Waals surface area contributed by atoms with E-state index in [1.54, 1.807) is 30.3 Å². The van der Waals surface area contributed by atoms with Gasteiger partial charge in [-0.1, -0.05) is 42.5 Å². The van der Waals surface area contributed by atoms with Crippen LogP contribution in [0.4, 0.5) is 21.9 Å². The van der Waals surface area contributed by atoms with Crippen molar-refractivity contribution in [1.82, 2.24) is 5.32 Å². The molecule has 0 saturated carbocycles. The number of rotatable bonds is 7. The highest BCUT2D eigenvalue weighted by molar-refractivity contribution is 5.99. The molecule has 7 nitrogen and oxygen atoms in total. The van der Waals surface area contributed by atoms with Crippen molar-refractivity contribution in [3.63, 3.8) is 0 Å². The first-order valence-electron chi connectivity index (χ1n) is 10.5. The van der Waals surface area contributed by atoms with Gasteiger partial charge in [-0.2, -0.15) is 0 Å². The first-order valence-corrected chi connectivity index (χ1v) is 10.5. The van der Waals surface area contributed by atoms with Gasteiger partial charge in [-0.25, -0.2) is 4.79 Å². The van der Waals surface area contributed by atoms with Gasteiger partial charge in [-0.15, -0.1) is 0 Å². The fourth-order valence-corrected chi connectivity index (χ4v) is 3.07. The number of amides is 4. The second-order valence-electron chi connectivity index (χ2n) is 7.43. The molecule has 0 heterocycles. The van der Waals surface area contributed by atoms with E-state index in [9.17, 15) is 14.4 Å². The van der Waals surface area contributed by atoms with Crippen LogP contribution in [0.2, 0.25) is 0 Å². The summed E-state index contributed by atoms with van der Waals surface area (Å²) in [5.41, 5.74) is 3.81. The van der Waals surface area contributed by atoms with Gasteiger partial charge in [0, 0.05) is 30.1 Å². The van der Waals surface area contributed by atoms with Gasteiger partial charge >= 0.3 is 6.03 Å². The molecule has 3 aromatic carbocycles. The van der Waals surface area contributed by atoms with Gasteiger partial charge in [0.05, 0.1) is 6.04 Å². The Balaban J connectivity index is 1.49. The minimum Gasteiger partial charge on any atom is -0.346 e. The molecule has 4 amide bonds. The van der Waals surface area contributed by atoms with Crippen LogP contribution in [0.5, 0.6) is 0 Å². The monoisotopic (exact) mass is 442 g/mol. The van der Waals surface area contributed by atoms with E-state index in [0.29, 0.717) is 17.1 Å². The number of hydrogen-bond donors (Lipinski definition) is 4. The van der Waals surface area contributed by atoms with Crippen molar-refractivity contribution in [2.75, 3.05) is 16.0 Å². The van der Waals surface area contributed by atoms with Crippen LogP contribution in [0, 0.1) is 0 Å². The highest BCUT2D eigenvalue weighted by Gasteiger charge is 2.08. The van der Waals surface area contributed by atoms with Crippen molar-refractivity contribution < 1.29 is 14.4 Å². The SMILES string of the molecule is CC(=O)Nc1ccc(/C=C/C(=O)NC(C)c2ccc(NC(=O)Nc3ccccc3)cc2)cc1. The van der Waals surface area contributed by atoms with Crippen LogP contribution >= 0.6 is 0 Å². The van der Waals surface area contributed by atoms with Crippen LogP contribution in [-0.2, 0) is 9.59 Å². The summed E-state index contributed by atoms with van der Waals surface area (Å²) in [5, 5.41) is 11.1. The standard InChI is InChI=1S/C26H26N4O3/c1-18(27-25(32)17-10-20-8-13-23(14-9-20)28-19(2)31)21-11-15-24(16-12-21)30-26(33)29-22-6-4-3-5-7-22/h3-18H,1-2H3,(H,27,32)(H,28,31)(H2,29,30,33)/b17-10+. The van der Waals surface area contributed by atoms with Gasteiger partial charge in [0.1, 0.15) is 0 Å². The predicted molar refractivity (Wildman–Crippen MR) is 132 cm³/mol. The molecular weight excluding hydrogens is 416 g/mol. The number of nitrogens with one attached hydrogen (secondary N) is 4. The smallest absolute Gasteiger partial charge is 0.323 e. The molecule has 33 heavy (non-hydrogen) atoms. The minimum atomic E-state index is -0.328. The van der Waals surface area contributed by atoms with Gasteiger partial charge < -0.3 is 21.3 Å². The molecule has 0 aliphatic rings. The summed E-state index contributed by atoms with van der Waals surface area (Å²) in [6.45, 7) is 3.34. The van der Waals surface area contributed by atoms with Crippen LogP contribution in [0.3, 0.4) is 0 Å². The average molecular weight is 443 g/mol. The van der Waals surface area contributed by atoms with Gasteiger partial charge in [-0.3, -0.25) is 9.59 Å². The summed E-state index contributed by atoms with van der Waals surface area (Å²) in [7, 11) is 0. The van der Waals surface area contributed by atoms with Crippen molar-refractivity contribution in [2.24, 2.45) is 0 Å². The van der Waals surface area contributed by atoms with Gasteiger partial charge in [0.2, 0.25) is 11.8 Å². The molecular formula is C26H26N4O3. The molecule has 0 aliphatic carbocycles. The molecule has 0 radical (unpaired) electrons. The Labute approximate surface area is 192 Å². The molecule has 3 aromatic rings. The van der Waals surface area contributed by atoms with E-state index in [1.165, 1.54) is 13.0 Å². The number of urea groups is 1. The largest absolute Gasteiger partial charge is 0.346 e. The number of carbonyl (C=O) groups is 3. The van der Waals surface area contributed by atoms with Crippen LogP contribution in [0.15, 0.2) is 84.9 Å². The maximum atomic E-state index is 12.3. The lowest BCUT2D eigenvalue weighted by atomic mass is 10.1. The summed E-state index contributed by atoms with van der Waals surface area (Å²) < 4.78 is 0. The normalized spacial score (nSPS) is 11.5. The van der Waals surface area contributed by atoms with Gasteiger partial charge in [0.25, 0.3) is 0 Å². The molecule has 0 aliphatic heterocycles. The molecule has 0 saturated heterocycles. The summed E-state index contributed by atoms with van der Waals surface area (Å²) in [6.07, 6.45) is 3.17. The molecule has 0 bridgehead atoms. The summed E-state index contributed by atoms with van der Waals surface area (Å²) >= 11 is 0. The summed E-state index contributed by atoms with van der Waals surface area (Å²) in [5.74, 6) is -0.358. The first kappa shape index (κ1) is 23.3. The Morgan fingerprint density at radius 2 is 1.27 bits per heavy atom.